The van der Waals surface area contributed by atoms with E-state index in [2.05, 4.69) is 17.3 Å². The molecule has 1 aromatic heterocycles. The summed E-state index contributed by atoms with van der Waals surface area (Å²) in [6, 6.07) is 8.15. The number of aromatic nitrogens is 2. The van der Waals surface area contributed by atoms with Gasteiger partial charge in [-0.15, -0.1) is 0 Å². The molecule has 1 heterocycles. The highest BCUT2D eigenvalue weighted by Crippen LogP contribution is 2.15. The Morgan fingerprint density at radius 3 is 2.53 bits per heavy atom. The van der Waals surface area contributed by atoms with E-state index >= 15 is 0 Å². The Morgan fingerprint density at radius 1 is 1.26 bits per heavy atom. The van der Waals surface area contributed by atoms with Crippen LogP contribution >= 0.6 is 0 Å². The molecule has 102 valence electrons. The molecule has 0 aliphatic heterocycles. The molecule has 0 aliphatic rings. The molecule has 0 amide bonds. The van der Waals surface area contributed by atoms with Crippen molar-refractivity contribution in [2.24, 2.45) is 7.05 Å². The molecule has 0 radical (unpaired) electrons. The number of aliphatic hydroxyl groups is 1. The SMILES string of the molecule is Cc1ccc(C(O)CNC(C)c2cnn(C)c2)cc1. The van der Waals surface area contributed by atoms with Gasteiger partial charge < -0.3 is 10.4 Å². The van der Waals surface area contributed by atoms with E-state index in [1.54, 1.807) is 4.68 Å². The summed E-state index contributed by atoms with van der Waals surface area (Å²) in [4.78, 5) is 0. The van der Waals surface area contributed by atoms with Gasteiger partial charge in [-0.2, -0.15) is 5.10 Å². The first-order valence-corrected chi connectivity index (χ1v) is 6.53. The fourth-order valence-electron chi connectivity index (χ4n) is 1.98. The highest BCUT2D eigenvalue weighted by Gasteiger charge is 2.11. The second-order valence-electron chi connectivity index (χ2n) is 5.00. The van der Waals surface area contributed by atoms with E-state index in [1.165, 1.54) is 5.56 Å². The number of hydrogen-bond donors (Lipinski definition) is 2. The maximum absolute atomic E-state index is 10.1. The Hall–Kier alpha value is -1.65. The molecule has 2 aromatic rings. The average Bonchev–Trinajstić information content (AvgIpc) is 2.83. The summed E-state index contributed by atoms with van der Waals surface area (Å²) >= 11 is 0. The third-order valence-electron chi connectivity index (χ3n) is 3.30. The lowest BCUT2D eigenvalue weighted by Crippen LogP contribution is -2.24. The first-order chi connectivity index (χ1) is 9.06. The van der Waals surface area contributed by atoms with Crippen molar-refractivity contribution in [2.75, 3.05) is 6.54 Å². The van der Waals surface area contributed by atoms with E-state index in [0.717, 1.165) is 11.1 Å². The van der Waals surface area contributed by atoms with E-state index in [0.29, 0.717) is 6.54 Å². The van der Waals surface area contributed by atoms with Gasteiger partial charge >= 0.3 is 0 Å². The molecule has 0 fully saturated rings. The van der Waals surface area contributed by atoms with Crippen molar-refractivity contribution >= 4 is 0 Å². The van der Waals surface area contributed by atoms with Crippen LogP contribution in [0.5, 0.6) is 0 Å². The minimum absolute atomic E-state index is 0.175. The number of benzene rings is 1. The standard InChI is InChI=1S/C15H21N3O/c1-11-4-6-13(7-5-11)15(19)9-16-12(2)14-8-17-18(3)10-14/h4-8,10,12,15-16,19H,9H2,1-3H3. The number of nitrogens with one attached hydrogen (secondary N) is 1. The van der Waals surface area contributed by atoms with Gasteiger partial charge in [0.05, 0.1) is 12.3 Å². The van der Waals surface area contributed by atoms with E-state index < -0.39 is 6.10 Å². The van der Waals surface area contributed by atoms with Gasteiger partial charge in [0, 0.05) is 31.4 Å². The largest absolute Gasteiger partial charge is 0.387 e. The van der Waals surface area contributed by atoms with Gasteiger partial charge in [-0.25, -0.2) is 0 Å². The molecule has 0 spiro atoms. The lowest BCUT2D eigenvalue weighted by atomic mass is 10.1. The number of aryl methyl sites for hydroxylation is 2. The van der Waals surface area contributed by atoms with E-state index in [1.807, 2.05) is 50.6 Å². The third kappa shape index (κ3) is 3.66. The molecular formula is C15H21N3O. The Bertz CT molecular complexity index is 518. The summed E-state index contributed by atoms with van der Waals surface area (Å²) in [5, 5.41) is 17.6. The second kappa shape index (κ2) is 5.99. The minimum Gasteiger partial charge on any atom is -0.387 e. The monoisotopic (exact) mass is 259 g/mol. The number of aliphatic hydroxyl groups excluding tert-OH is 1. The lowest BCUT2D eigenvalue weighted by Gasteiger charge is -2.16. The zero-order valence-electron chi connectivity index (χ0n) is 11.7. The van der Waals surface area contributed by atoms with Crippen LogP contribution in [0.2, 0.25) is 0 Å². The third-order valence-corrected chi connectivity index (χ3v) is 3.30. The maximum atomic E-state index is 10.1. The normalized spacial score (nSPS) is 14.3. The van der Waals surface area contributed by atoms with Gasteiger partial charge in [-0.3, -0.25) is 4.68 Å². The Kier molecular flexibility index (Phi) is 4.35. The molecule has 0 aliphatic carbocycles. The minimum atomic E-state index is -0.486. The van der Waals surface area contributed by atoms with Crippen LogP contribution < -0.4 is 5.32 Å². The molecule has 19 heavy (non-hydrogen) atoms. The average molecular weight is 259 g/mol. The fourth-order valence-corrected chi connectivity index (χ4v) is 1.98. The highest BCUT2D eigenvalue weighted by atomic mass is 16.3. The molecular weight excluding hydrogens is 238 g/mol. The summed E-state index contributed by atoms with van der Waals surface area (Å²) in [5.41, 5.74) is 3.27. The molecule has 4 heteroatoms. The summed E-state index contributed by atoms with van der Waals surface area (Å²) in [7, 11) is 1.90. The Morgan fingerprint density at radius 2 is 1.95 bits per heavy atom. The van der Waals surface area contributed by atoms with Crippen molar-refractivity contribution in [1.29, 1.82) is 0 Å². The van der Waals surface area contributed by atoms with Gasteiger partial charge in [0.15, 0.2) is 0 Å². The zero-order chi connectivity index (χ0) is 13.8. The molecule has 0 bridgehead atoms. The molecule has 2 rings (SSSR count). The lowest BCUT2D eigenvalue weighted by molar-refractivity contribution is 0.171. The maximum Gasteiger partial charge on any atom is 0.0914 e. The molecule has 0 saturated heterocycles. The smallest absolute Gasteiger partial charge is 0.0914 e. The van der Waals surface area contributed by atoms with Crippen LogP contribution in [0.1, 0.15) is 35.8 Å². The van der Waals surface area contributed by atoms with Crippen molar-refractivity contribution in [1.82, 2.24) is 15.1 Å². The predicted molar refractivity (Wildman–Crippen MR) is 75.8 cm³/mol. The van der Waals surface area contributed by atoms with Crippen molar-refractivity contribution in [3.63, 3.8) is 0 Å². The Labute approximate surface area is 114 Å². The van der Waals surface area contributed by atoms with Crippen LogP contribution in [0.4, 0.5) is 0 Å². The number of hydrogen-bond acceptors (Lipinski definition) is 3. The van der Waals surface area contributed by atoms with Crippen molar-refractivity contribution in [3.8, 4) is 0 Å². The molecule has 0 saturated carbocycles. The number of nitrogens with zero attached hydrogens (tertiary/aromatic N) is 2. The summed E-state index contributed by atoms with van der Waals surface area (Å²) in [6.07, 6.45) is 3.34. The van der Waals surface area contributed by atoms with Crippen molar-refractivity contribution in [2.45, 2.75) is 26.0 Å². The quantitative estimate of drug-likeness (QED) is 0.864. The van der Waals surface area contributed by atoms with Crippen molar-refractivity contribution in [3.05, 3.63) is 53.3 Å². The molecule has 2 unspecified atom stereocenters. The molecule has 2 N–H and O–H groups in total. The molecule has 2 atom stereocenters. The van der Waals surface area contributed by atoms with Crippen LogP contribution in [-0.4, -0.2) is 21.4 Å². The second-order valence-corrected chi connectivity index (χ2v) is 5.00. The highest BCUT2D eigenvalue weighted by molar-refractivity contribution is 5.23. The van der Waals surface area contributed by atoms with Crippen LogP contribution in [0.3, 0.4) is 0 Å². The van der Waals surface area contributed by atoms with Crippen LogP contribution in [0, 0.1) is 6.92 Å². The molecule has 1 aromatic carbocycles. The van der Waals surface area contributed by atoms with Crippen molar-refractivity contribution < 1.29 is 5.11 Å². The molecule has 4 nitrogen and oxygen atoms in total. The van der Waals surface area contributed by atoms with Gasteiger partial charge in [0.2, 0.25) is 0 Å². The van der Waals surface area contributed by atoms with Crippen LogP contribution in [-0.2, 0) is 7.05 Å². The summed E-state index contributed by atoms with van der Waals surface area (Å²) < 4.78 is 1.78. The Balaban J connectivity index is 1.89. The first kappa shape index (κ1) is 13.8. The van der Waals surface area contributed by atoms with Crippen LogP contribution in [0.15, 0.2) is 36.7 Å². The van der Waals surface area contributed by atoms with Gasteiger partial charge in [-0.05, 0) is 19.4 Å². The van der Waals surface area contributed by atoms with E-state index in [4.69, 9.17) is 0 Å². The zero-order valence-corrected chi connectivity index (χ0v) is 11.7. The fraction of sp³-hybridized carbons (Fsp3) is 0.400. The summed E-state index contributed by atoms with van der Waals surface area (Å²) in [6.45, 7) is 4.64. The van der Waals surface area contributed by atoms with Gasteiger partial charge in [0.25, 0.3) is 0 Å². The topological polar surface area (TPSA) is 50.1 Å². The number of rotatable bonds is 5. The predicted octanol–water partition coefficient (Wildman–Crippen LogP) is 2.11. The summed E-state index contributed by atoms with van der Waals surface area (Å²) in [5.74, 6) is 0. The van der Waals surface area contributed by atoms with Gasteiger partial charge in [0.1, 0.15) is 0 Å². The van der Waals surface area contributed by atoms with Crippen LogP contribution in [0.25, 0.3) is 0 Å². The van der Waals surface area contributed by atoms with Gasteiger partial charge in [-0.1, -0.05) is 29.8 Å². The first-order valence-electron chi connectivity index (χ1n) is 6.53. The van der Waals surface area contributed by atoms with E-state index in [-0.39, 0.29) is 6.04 Å². The van der Waals surface area contributed by atoms with E-state index in [9.17, 15) is 5.11 Å².